The zero-order chi connectivity index (χ0) is 7.40. The average Bonchev–Trinajstić information content (AvgIpc) is 2.37. The Morgan fingerprint density at radius 3 is 3.20 bits per heavy atom. The second-order valence-corrected chi connectivity index (χ2v) is 2.50. The molecule has 0 amide bonds. The molecule has 0 spiro atoms. The molecule has 0 saturated carbocycles. The Hall–Kier alpha value is -1.04. The first kappa shape index (κ1) is 7.07. The van der Waals surface area contributed by atoms with E-state index in [1.807, 2.05) is 6.19 Å². The van der Waals surface area contributed by atoms with Crippen LogP contribution in [0.15, 0.2) is 4.99 Å². The van der Waals surface area contributed by atoms with Gasteiger partial charge in [0.05, 0.1) is 0 Å². The van der Waals surface area contributed by atoms with Gasteiger partial charge < -0.3 is 0 Å². The normalized spacial score (nSPS) is 23.6. The molecule has 1 aliphatic rings. The van der Waals surface area contributed by atoms with Crippen molar-refractivity contribution in [2.75, 3.05) is 6.54 Å². The summed E-state index contributed by atoms with van der Waals surface area (Å²) in [4.78, 5) is 4.16. The summed E-state index contributed by atoms with van der Waals surface area (Å²) >= 11 is 0. The van der Waals surface area contributed by atoms with E-state index in [1.165, 1.54) is 0 Å². The lowest BCUT2D eigenvalue weighted by Crippen LogP contribution is -2.15. The van der Waals surface area contributed by atoms with E-state index in [9.17, 15) is 0 Å². The van der Waals surface area contributed by atoms with E-state index in [4.69, 9.17) is 5.26 Å². The first-order valence-electron chi connectivity index (χ1n) is 3.55. The topological polar surface area (TPSA) is 48.2 Å². The molecule has 0 aliphatic carbocycles. The van der Waals surface area contributed by atoms with Crippen LogP contribution in [0.3, 0.4) is 0 Å². The fourth-order valence-corrected chi connectivity index (χ4v) is 1.07. The van der Waals surface area contributed by atoms with Gasteiger partial charge in [0.1, 0.15) is 5.84 Å². The third kappa shape index (κ3) is 1.47. The van der Waals surface area contributed by atoms with Gasteiger partial charge in [0.15, 0.2) is 6.19 Å². The molecule has 1 atom stereocenters. The summed E-state index contributed by atoms with van der Waals surface area (Å²) < 4.78 is 0. The number of hydrogen-bond donors (Lipinski definition) is 1. The minimum Gasteiger partial charge on any atom is -0.281 e. The zero-order valence-corrected chi connectivity index (χ0v) is 6.09. The fraction of sp³-hybridized carbons (Fsp3) is 0.714. The van der Waals surface area contributed by atoms with Crippen LogP contribution in [-0.2, 0) is 0 Å². The lowest BCUT2D eigenvalue weighted by Gasteiger charge is -2.00. The van der Waals surface area contributed by atoms with Crippen molar-refractivity contribution in [3.63, 3.8) is 0 Å². The van der Waals surface area contributed by atoms with Crippen LogP contribution in [0, 0.1) is 17.4 Å². The number of nitriles is 1. The van der Waals surface area contributed by atoms with Crippen LogP contribution in [0.5, 0.6) is 0 Å². The van der Waals surface area contributed by atoms with Gasteiger partial charge in [-0.2, -0.15) is 5.26 Å². The van der Waals surface area contributed by atoms with E-state index in [-0.39, 0.29) is 0 Å². The molecule has 0 fully saturated rings. The first-order valence-corrected chi connectivity index (χ1v) is 3.55. The van der Waals surface area contributed by atoms with Crippen molar-refractivity contribution in [1.29, 1.82) is 5.26 Å². The summed E-state index contributed by atoms with van der Waals surface area (Å²) in [6, 6.07) is 0. The second-order valence-electron chi connectivity index (χ2n) is 2.50. The predicted molar refractivity (Wildman–Crippen MR) is 39.4 cm³/mol. The van der Waals surface area contributed by atoms with Crippen molar-refractivity contribution in [3.8, 4) is 6.19 Å². The average molecular weight is 137 g/mol. The SMILES string of the molecule is CCC1CN=C(NC#N)C1. The Bertz CT molecular complexity index is 178. The summed E-state index contributed by atoms with van der Waals surface area (Å²) in [5.74, 6) is 1.52. The molecule has 1 N–H and O–H groups in total. The Labute approximate surface area is 60.8 Å². The van der Waals surface area contributed by atoms with Crippen LogP contribution in [-0.4, -0.2) is 12.4 Å². The Morgan fingerprint density at radius 2 is 2.70 bits per heavy atom. The van der Waals surface area contributed by atoms with Gasteiger partial charge in [-0.3, -0.25) is 10.3 Å². The molecule has 0 radical (unpaired) electrons. The summed E-state index contributed by atoms with van der Waals surface area (Å²) in [5.41, 5.74) is 0. The van der Waals surface area contributed by atoms with Crippen LogP contribution in [0.2, 0.25) is 0 Å². The molecular weight excluding hydrogens is 126 g/mol. The minimum absolute atomic E-state index is 0.663. The maximum absolute atomic E-state index is 8.24. The van der Waals surface area contributed by atoms with Gasteiger partial charge >= 0.3 is 0 Å². The van der Waals surface area contributed by atoms with Gasteiger partial charge in [-0.25, -0.2) is 0 Å². The Morgan fingerprint density at radius 1 is 1.90 bits per heavy atom. The van der Waals surface area contributed by atoms with E-state index in [1.54, 1.807) is 0 Å². The molecule has 54 valence electrons. The third-order valence-electron chi connectivity index (χ3n) is 1.80. The van der Waals surface area contributed by atoms with E-state index in [2.05, 4.69) is 17.2 Å². The molecule has 3 heteroatoms. The molecule has 0 aromatic carbocycles. The van der Waals surface area contributed by atoms with Gasteiger partial charge in [0, 0.05) is 13.0 Å². The van der Waals surface area contributed by atoms with Crippen molar-refractivity contribution >= 4 is 5.84 Å². The highest BCUT2D eigenvalue weighted by molar-refractivity contribution is 5.85. The zero-order valence-electron chi connectivity index (χ0n) is 6.09. The smallest absolute Gasteiger partial charge is 0.182 e. The molecule has 0 aromatic rings. The number of amidine groups is 1. The van der Waals surface area contributed by atoms with E-state index < -0.39 is 0 Å². The molecule has 0 bridgehead atoms. The van der Waals surface area contributed by atoms with Crippen LogP contribution in [0.4, 0.5) is 0 Å². The molecule has 3 nitrogen and oxygen atoms in total. The Balaban J connectivity index is 2.33. The highest BCUT2D eigenvalue weighted by atomic mass is 15.0. The van der Waals surface area contributed by atoms with Crippen molar-refractivity contribution in [2.45, 2.75) is 19.8 Å². The second kappa shape index (κ2) is 3.21. The van der Waals surface area contributed by atoms with Gasteiger partial charge in [-0.05, 0) is 5.92 Å². The van der Waals surface area contributed by atoms with Crippen molar-refractivity contribution < 1.29 is 0 Å². The predicted octanol–water partition coefficient (Wildman–Crippen LogP) is 0.885. The Kier molecular flexibility index (Phi) is 2.27. The van der Waals surface area contributed by atoms with Crippen molar-refractivity contribution in [3.05, 3.63) is 0 Å². The van der Waals surface area contributed by atoms with Crippen LogP contribution < -0.4 is 5.32 Å². The number of nitrogens with zero attached hydrogens (tertiary/aromatic N) is 2. The third-order valence-corrected chi connectivity index (χ3v) is 1.80. The summed E-state index contributed by atoms with van der Waals surface area (Å²) in [5, 5.41) is 10.8. The monoisotopic (exact) mass is 137 g/mol. The number of nitrogens with one attached hydrogen (secondary N) is 1. The van der Waals surface area contributed by atoms with E-state index in [0.717, 1.165) is 25.2 Å². The largest absolute Gasteiger partial charge is 0.281 e. The molecule has 1 aliphatic heterocycles. The summed E-state index contributed by atoms with van der Waals surface area (Å²) in [6.45, 7) is 3.04. The minimum atomic E-state index is 0.663. The molecule has 1 unspecified atom stereocenters. The quantitative estimate of drug-likeness (QED) is 0.431. The lowest BCUT2D eigenvalue weighted by atomic mass is 10.1. The maximum Gasteiger partial charge on any atom is 0.182 e. The van der Waals surface area contributed by atoms with E-state index >= 15 is 0 Å². The highest BCUT2D eigenvalue weighted by Gasteiger charge is 2.15. The molecule has 0 aromatic heterocycles. The van der Waals surface area contributed by atoms with Crippen LogP contribution >= 0.6 is 0 Å². The first-order chi connectivity index (χ1) is 4.86. The van der Waals surface area contributed by atoms with Crippen molar-refractivity contribution in [1.82, 2.24) is 5.32 Å². The molecule has 1 rings (SSSR count). The number of rotatable bonds is 1. The van der Waals surface area contributed by atoms with Gasteiger partial charge in [0.25, 0.3) is 0 Å². The molecule has 1 heterocycles. The number of aliphatic imine (C=N–C) groups is 1. The van der Waals surface area contributed by atoms with Crippen LogP contribution in [0.25, 0.3) is 0 Å². The standard InChI is InChI=1S/C7H11N3/c1-2-6-3-7(9-4-6)10-5-8/h6H,2-4H2,1H3,(H,9,10). The molecular formula is C7H11N3. The van der Waals surface area contributed by atoms with Crippen LogP contribution in [0.1, 0.15) is 19.8 Å². The van der Waals surface area contributed by atoms with Gasteiger partial charge in [0.2, 0.25) is 0 Å². The summed E-state index contributed by atoms with van der Waals surface area (Å²) in [6.07, 6.45) is 3.97. The van der Waals surface area contributed by atoms with Crippen molar-refractivity contribution in [2.24, 2.45) is 10.9 Å². The number of hydrogen-bond acceptors (Lipinski definition) is 3. The fourth-order valence-electron chi connectivity index (χ4n) is 1.07. The molecule has 10 heavy (non-hydrogen) atoms. The maximum atomic E-state index is 8.24. The lowest BCUT2D eigenvalue weighted by molar-refractivity contribution is 0.572. The van der Waals surface area contributed by atoms with E-state index in [0.29, 0.717) is 5.92 Å². The molecule has 0 saturated heterocycles. The summed E-state index contributed by atoms with van der Waals surface area (Å²) in [7, 11) is 0. The highest BCUT2D eigenvalue weighted by Crippen LogP contribution is 2.14. The van der Waals surface area contributed by atoms with Gasteiger partial charge in [-0.1, -0.05) is 13.3 Å². The van der Waals surface area contributed by atoms with Gasteiger partial charge in [-0.15, -0.1) is 0 Å².